The molecule has 0 aliphatic heterocycles. The van der Waals surface area contributed by atoms with Crippen LogP contribution in [0.4, 0.5) is 0 Å². The lowest BCUT2D eigenvalue weighted by molar-refractivity contribution is -0.115. The molecule has 0 radical (unpaired) electrons. The van der Waals surface area contributed by atoms with Crippen molar-refractivity contribution in [1.82, 2.24) is 10.3 Å². The lowest BCUT2D eigenvalue weighted by Crippen LogP contribution is -2.24. The minimum absolute atomic E-state index is 0.258. The van der Waals surface area contributed by atoms with Crippen LogP contribution in [0.1, 0.15) is 31.9 Å². The molecule has 1 amide bonds. The molecular formula is C17H22N2O2. The van der Waals surface area contributed by atoms with E-state index in [9.17, 15) is 9.90 Å². The number of amides is 1. The number of aryl methyl sites for hydroxylation is 1. The van der Waals surface area contributed by atoms with Crippen molar-refractivity contribution in [3.63, 3.8) is 0 Å². The van der Waals surface area contributed by atoms with Gasteiger partial charge in [0, 0.05) is 29.7 Å². The molecule has 4 nitrogen and oxygen atoms in total. The number of aliphatic hydroxyl groups is 1. The Kier molecular flexibility index (Phi) is 6.06. The molecule has 0 aliphatic rings. The van der Waals surface area contributed by atoms with E-state index in [4.69, 9.17) is 0 Å². The highest BCUT2D eigenvalue weighted by Crippen LogP contribution is 2.19. The van der Waals surface area contributed by atoms with Crippen LogP contribution in [-0.4, -0.2) is 21.6 Å². The summed E-state index contributed by atoms with van der Waals surface area (Å²) in [5, 5.41) is 12.8. The van der Waals surface area contributed by atoms with Crippen molar-refractivity contribution in [2.45, 2.75) is 33.3 Å². The van der Waals surface area contributed by atoms with Gasteiger partial charge in [0.1, 0.15) is 0 Å². The van der Waals surface area contributed by atoms with Gasteiger partial charge in [0.05, 0.1) is 5.60 Å². The van der Waals surface area contributed by atoms with Crippen LogP contribution in [0.5, 0.6) is 0 Å². The first kappa shape index (κ1) is 16.9. The molecule has 112 valence electrons. The fourth-order valence-electron chi connectivity index (χ4n) is 1.71. The summed E-state index contributed by atoms with van der Waals surface area (Å²) in [5.41, 5.74) is 1.26. The van der Waals surface area contributed by atoms with Crippen LogP contribution in [-0.2, 0) is 4.79 Å². The van der Waals surface area contributed by atoms with E-state index in [2.05, 4.69) is 10.3 Å². The smallest absolute Gasteiger partial charge is 0.248 e. The van der Waals surface area contributed by atoms with Crippen molar-refractivity contribution >= 4 is 11.6 Å². The molecule has 0 bridgehead atoms. The van der Waals surface area contributed by atoms with Crippen LogP contribution in [0, 0.1) is 6.92 Å². The third kappa shape index (κ3) is 6.19. The Morgan fingerprint density at radius 2 is 2.10 bits per heavy atom. The van der Waals surface area contributed by atoms with Crippen molar-refractivity contribution < 1.29 is 9.90 Å². The van der Waals surface area contributed by atoms with Crippen molar-refractivity contribution in [2.75, 3.05) is 0 Å². The number of allylic oxidation sites excluding steroid dienone is 3. The second-order valence-corrected chi connectivity index (χ2v) is 5.28. The summed E-state index contributed by atoms with van der Waals surface area (Å²) in [6.07, 6.45) is 11.7. The van der Waals surface area contributed by atoms with Crippen LogP contribution >= 0.6 is 0 Å². The Bertz CT molecular complexity index is 579. The SMILES string of the molecule is C/C=C\C=C/C(=O)N/C(=C/C(C)(C)O)c1cnccc1C. The summed E-state index contributed by atoms with van der Waals surface area (Å²) in [6.45, 7) is 7.11. The van der Waals surface area contributed by atoms with Gasteiger partial charge < -0.3 is 10.4 Å². The highest BCUT2D eigenvalue weighted by Gasteiger charge is 2.14. The molecule has 0 saturated heterocycles. The van der Waals surface area contributed by atoms with Gasteiger partial charge in [-0.05, 0) is 45.4 Å². The van der Waals surface area contributed by atoms with E-state index in [1.807, 2.05) is 26.0 Å². The predicted octanol–water partition coefficient (Wildman–Crippen LogP) is 2.75. The number of nitrogens with zero attached hydrogens (tertiary/aromatic N) is 1. The summed E-state index contributed by atoms with van der Waals surface area (Å²) in [5.74, 6) is -0.258. The lowest BCUT2D eigenvalue weighted by atomic mass is 10.0. The summed E-state index contributed by atoms with van der Waals surface area (Å²) in [6, 6.07) is 1.86. The molecule has 1 rings (SSSR count). The van der Waals surface area contributed by atoms with E-state index >= 15 is 0 Å². The third-order valence-corrected chi connectivity index (χ3v) is 2.64. The van der Waals surface area contributed by atoms with Crippen molar-refractivity contribution in [1.29, 1.82) is 0 Å². The van der Waals surface area contributed by atoms with Gasteiger partial charge >= 0.3 is 0 Å². The van der Waals surface area contributed by atoms with Crippen molar-refractivity contribution in [3.05, 3.63) is 60.0 Å². The largest absolute Gasteiger partial charge is 0.386 e. The molecule has 0 fully saturated rings. The maximum atomic E-state index is 11.9. The lowest BCUT2D eigenvalue weighted by Gasteiger charge is -2.17. The van der Waals surface area contributed by atoms with E-state index in [0.717, 1.165) is 11.1 Å². The van der Waals surface area contributed by atoms with Gasteiger partial charge in [0.2, 0.25) is 5.91 Å². The number of nitrogens with one attached hydrogen (secondary N) is 1. The fourth-order valence-corrected chi connectivity index (χ4v) is 1.71. The zero-order valence-corrected chi connectivity index (χ0v) is 12.9. The molecule has 2 N–H and O–H groups in total. The molecule has 0 aromatic carbocycles. The van der Waals surface area contributed by atoms with Gasteiger partial charge in [-0.3, -0.25) is 9.78 Å². The fraction of sp³-hybridized carbons (Fsp3) is 0.294. The van der Waals surface area contributed by atoms with Crippen LogP contribution in [0.3, 0.4) is 0 Å². The second kappa shape index (κ2) is 7.55. The maximum Gasteiger partial charge on any atom is 0.248 e. The summed E-state index contributed by atoms with van der Waals surface area (Å²) in [7, 11) is 0. The molecule has 1 heterocycles. The minimum atomic E-state index is -1.04. The molecule has 0 spiro atoms. The minimum Gasteiger partial charge on any atom is -0.386 e. The number of hydrogen-bond acceptors (Lipinski definition) is 3. The van der Waals surface area contributed by atoms with Crippen LogP contribution in [0.25, 0.3) is 5.70 Å². The van der Waals surface area contributed by atoms with Crippen LogP contribution in [0.2, 0.25) is 0 Å². The summed E-state index contributed by atoms with van der Waals surface area (Å²) < 4.78 is 0. The number of rotatable bonds is 5. The number of carbonyl (C=O) groups is 1. The monoisotopic (exact) mass is 286 g/mol. The van der Waals surface area contributed by atoms with Crippen LogP contribution < -0.4 is 5.32 Å². The standard InChI is InChI=1S/C17H22N2O2/c1-5-6-7-8-16(20)19-15(11-17(3,4)21)14-12-18-10-9-13(14)2/h5-12,21H,1-4H3,(H,19,20)/b6-5-,8-7-,15-11+. The molecule has 0 atom stereocenters. The molecule has 4 heteroatoms. The average Bonchev–Trinajstić information content (AvgIpc) is 2.37. The summed E-state index contributed by atoms with van der Waals surface area (Å²) >= 11 is 0. The average molecular weight is 286 g/mol. The Morgan fingerprint density at radius 1 is 1.38 bits per heavy atom. The van der Waals surface area contributed by atoms with Crippen LogP contribution in [0.15, 0.2) is 48.8 Å². The van der Waals surface area contributed by atoms with Gasteiger partial charge in [0.25, 0.3) is 0 Å². The molecule has 21 heavy (non-hydrogen) atoms. The number of aromatic nitrogens is 1. The highest BCUT2D eigenvalue weighted by atomic mass is 16.3. The first-order valence-corrected chi connectivity index (χ1v) is 6.80. The summed E-state index contributed by atoms with van der Waals surface area (Å²) in [4.78, 5) is 16.0. The highest BCUT2D eigenvalue weighted by molar-refractivity contribution is 5.95. The van der Waals surface area contributed by atoms with E-state index in [1.54, 1.807) is 44.5 Å². The molecule has 1 aromatic rings. The molecular weight excluding hydrogens is 264 g/mol. The third-order valence-electron chi connectivity index (χ3n) is 2.64. The van der Waals surface area contributed by atoms with E-state index < -0.39 is 5.60 Å². The maximum absolute atomic E-state index is 11.9. The molecule has 0 saturated carbocycles. The zero-order valence-electron chi connectivity index (χ0n) is 12.9. The van der Waals surface area contributed by atoms with E-state index in [-0.39, 0.29) is 5.91 Å². The van der Waals surface area contributed by atoms with Crippen molar-refractivity contribution in [3.8, 4) is 0 Å². The van der Waals surface area contributed by atoms with Gasteiger partial charge in [-0.25, -0.2) is 0 Å². The Morgan fingerprint density at radius 3 is 2.67 bits per heavy atom. The molecule has 0 unspecified atom stereocenters. The first-order chi connectivity index (χ1) is 9.83. The Hall–Kier alpha value is -2.20. The van der Waals surface area contributed by atoms with E-state index in [1.165, 1.54) is 6.08 Å². The number of hydrogen-bond donors (Lipinski definition) is 2. The molecule has 0 aliphatic carbocycles. The first-order valence-electron chi connectivity index (χ1n) is 6.80. The zero-order chi connectivity index (χ0) is 15.9. The Balaban J connectivity index is 3.09. The predicted molar refractivity (Wildman–Crippen MR) is 85.3 cm³/mol. The van der Waals surface area contributed by atoms with Gasteiger partial charge in [0.15, 0.2) is 0 Å². The van der Waals surface area contributed by atoms with E-state index in [0.29, 0.717) is 5.70 Å². The number of carbonyl (C=O) groups excluding carboxylic acids is 1. The Labute approximate surface area is 125 Å². The second-order valence-electron chi connectivity index (χ2n) is 5.28. The quantitative estimate of drug-likeness (QED) is 0.646. The van der Waals surface area contributed by atoms with Crippen molar-refractivity contribution in [2.24, 2.45) is 0 Å². The topological polar surface area (TPSA) is 62.2 Å². The van der Waals surface area contributed by atoms with Gasteiger partial charge in [-0.1, -0.05) is 18.2 Å². The van der Waals surface area contributed by atoms with Gasteiger partial charge in [-0.15, -0.1) is 0 Å². The normalized spacial score (nSPS) is 13.1. The van der Waals surface area contributed by atoms with Gasteiger partial charge in [-0.2, -0.15) is 0 Å². The molecule has 1 aromatic heterocycles. The number of pyridine rings is 1.